The fourth-order valence-corrected chi connectivity index (χ4v) is 2.70. The van der Waals surface area contributed by atoms with Gasteiger partial charge in [0.15, 0.2) is 16.7 Å². The van der Waals surface area contributed by atoms with Crippen molar-refractivity contribution in [2.75, 3.05) is 12.4 Å². The molecule has 0 atom stereocenters. The number of rotatable bonds is 3. The minimum Gasteiger partial charge on any atom is -0.490 e. The van der Waals surface area contributed by atoms with Gasteiger partial charge in [-0.25, -0.2) is 9.97 Å². The van der Waals surface area contributed by atoms with Crippen molar-refractivity contribution in [3.05, 3.63) is 46.9 Å². The molecule has 1 aliphatic carbocycles. The molecular formula is C14H14ClN3O. The fraction of sp³-hybridized carbons (Fsp3) is 0.286. The Kier molecular flexibility index (Phi) is 3.25. The van der Waals surface area contributed by atoms with Gasteiger partial charge in [-0.05, 0) is 24.0 Å². The van der Waals surface area contributed by atoms with Crippen molar-refractivity contribution in [1.29, 1.82) is 0 Å². The molecule has 98 valence electrons. The van der Waals surface area contributed by atoms with Crippen molar-refractivity contribution in [3.63, 3.8) is 0 Å². The van der Waals surface area contributed by atoms with Gasteiger partial charge in [0.25, 0.3) is 0 Å². The van der Waals surface area contributed by atoms with Crippen LogP contribution >= 0.6 is 11.6 Å². The molecule has 5 heteroatoms. The molecule has 0 radical (unpaired) electrons. The van der Waals surface area contributed by atoms with E-state index in [0.29, 0.717) is 22.8 Å². The zero-order chi connectivity index (χ0) is 13.2. The predicted octanol–water partition coefficient (Wildman–Crippen LogP) is 2.72. The Labute approximate surface area is 116 Å². The number of fused-ring (bicyclic) bond motifs is 1. The number of benzene rings is 1. The maximum atomic E-state index is 5.99. The zero-order valence-corrected chi connectivity index (χ0v) is 11.3. The summed E-state index contributed by atoms with van der Waals surface area (Å²) >= 11 is 5.99. The molecule has 0 fully saturated rings. The first-order valence-corrected chi connectivity index (χ1v) is 6.53. The van der Waals surface area contributed by atoms with E-state index in [2.05, 4.69) is 39.6 Å². The summed E-state index contributed by atoms with van der Waals surface area (Å²) in [5.41, 5.74) is 2.78. The quantitative estimate of drug-likeness (QED) is 0.875. The van der Waals surface area contributed by atoms with Crippen LogP contribution in [0.5, 0.6) is 5.75 Å². The Morgan fingerprint density at radius 2 is 1.89 bits per heavy atom. The summed E-state index contributed by atoms with van der Waals surface area (Å²) in [5.74, 6) is 1.15. The van der Waals surface area contributed by atoms with Crippen LogP contribution in [0.25, 0.3) is 0 Å². The molecule has 0 unspecified atom stereocenters. The number of nitrogens with zero attached hydrogens (tertiary/aromatic N) is 2. The second-order valence-electron chi connectivity index (χ2n) is 4.56. The fourth-order valence-electron chi connectivity index (χ4n) is 2.49. The summed E-state index contributed by atoms with van der Waals surface area (Å²) in [6.07, 6.45) is 3.41. The zero-order valence-electron chi connectivity index (χ0n) is 10.6. The number of anilines is 1. The highest BCUT2D eigenvalue weighted by Crippen LogP contribution is 2.31. The highest BCUT2D eigenvalue weighted by Gasteiger charge is 2.22. The summed E-state index contributed by atoms with van der Waals surface area (Å²) in [7, 11) is 1.57. The number of halogens is 1. The van der Waals surface area contributed by atoms with Gasteiger partial charge in [0.2, 0.25) is 0 Å². The predicted molar refractivity (Wildman–Crippen MR) is 74.9 cm³/mol. The molecule has 1 aromatic carbocycles. The van der Waals surface area contributed by atoms with Crippen LogP contribution in [0.1, 0.15) is 11.1 Å². The summed E-state index contributed by atoms with van der Waals surface area (Å²) < 4.78 is 5.24. The lowest BCUT2D eigenvalue weighted by Crippen LogP contribution is -2.20. The van der Waals surface area contributed by atoms with Gasteiger partial charge >= 0.3 is 0 Å². The Balaban J connectivity index is 1.80. The van der Waals surface area contributed by atoms with Crippen LogP contribution in [-0.2, 0) is 12.8 Å². The molecule has 4 nitrogen and oxygen atoms in total. The van der Waals surface area contributed by atoms with Crippen LogP contribution in [0.2, 0.25) is 5.15 Å². The minimum atomic E-state index is 0.317. The topological polar surface area (TPSA) is 47.0 Å². The molecule has 0 amide bonds. The SMILES string of the molecule is COc1c(Cl)ncnc1NC1Cc2ccccc2C1. The van der Waals surface area contributed by atoms with Gasteiger partial charge in [-0.2, -0.15) is 0 Å². The Morgan fingerprint density at radius 3 is 2.53 bits per heavy atom. The monoisotopic (exact) mass is 275 g/mol. The molecule has 0 bridgehead atoms. The lowest BCUT2D eigenvalue weighted by molar-refractivity contribution is 0.412. The number of hydrogen-bond acceptors (Lipinski definition) is 4. The Hall–Kier alpha value is -1.81. The smallest absolute Gasteiger partial charge is 0.198 e. The molecule has 1 heterocycles. The molecule has 0 saturated carbocycles. The van der Waals surface area contributed by atoms with Gasteiger partial charge < -0.3 is 10.1 Å². The van der Waals surface area contributed by atoms with E-state index in [-0.39, 0.29) is 0 Å². The highest BCUT2D eigenvalue weighted by atomic mass is 35.5. The van der Waals surface area contributed by atoms with E-state index in [9.17, 15) is 0 Å². The lowest BCUT2D eigenvalue weighted by atomic mass is 10.1. The maximum Gasteiger partial charge on any atom is 0.198 e. The first kappa shape index (κ1) is 12.2. The lowest BCUT2D eigenvalue weighted by Gasteiger charge is -2.15. The molecule has 0 spiro atoms. The molecule has 1 N–H and O–H groups in total. The molecule has 0 aliphatic heterocycles. The molecule has 2 aromatic rings. The standard InChI is InChI=1S/C14H14ClN3O/c1-19-12-13(15)16-8-17-14(12)18-11-6-9-4-2-3-5-10(9)7-11/h2-5,8,11H,6-7H2,1H3,(H,16,17,18). The number of hydrogen-bond donors (Lipinski definition) is 1. The van der Waals surface area contributed by atoms with Crippen molar-refractivity contribution >= 4 is 17.4 Å². The summed E-state index contributed by atoms with van der Waals surface area (Å²) in [4.78, 5) is 8.12. The van der Waals surface area contributed by atoms with Crippen LogP contribution < -0.4 is 10.1 Å². The molecule has 3 rings (SSSR count). The van der Waals surface area contributed by atoms with Gasteiger partial charge in [-0.1, -0.05) is 35.9 Å². The van der Waals surface area contributed by atoms with E-state index in [1.807, 2.05) is 0 Å². The molecule has 0 saturated heterocycles. The van der Waals surface area contributed by atoms with E-state index >= 15 is 0 Å². The molecular weight excluding hydrogens is 262 g/mol. The van der Waals surface area contributed by atoms with Crippen LogP contribution in [-0.4, -0.2) is 23.1 Å². The van der Waals surface area contributed by atoms with Crippen molar-refractivity contribution in [2.45, 2.75) is 18.9 Å². The molecule has 19 heavy (non-hydrogen) atoms. The minimum absolute atomic E-state index is 0.317. The normalized spacial score (nSPS) is 14.2. The van der Waals surface area contributed by atoms with E-state index in [4.69, 9.17) is 16.3 Å². The van der Waals surface area contributed by atoms with E-state index in [1.165, 1.54) is 17.5 Å². The van der Waals surface area contributed by atoms with Gasteiger partial charge in [0.05, 0.1) is 7.11 Å². The van der Waals surface area contributed by atoms with Gasteiger partial charge in [-0.15, -0.1) is 0 Å². The second kappa shape index (κ2) is 5.05. The first-order valence-electron chi connectivity index (χ1n) is 6.15. The molecule has 1 aromatic heterocycles. The van der Waals surface area contributed by atoms with E-state index in [1.54, 1.807) is 7.11 Å². The number of aromatic nitrogens is 2. The van der Waals surface area contributed by atoms with Gasteiger partial charge in [0, 0.05) is 6.04 Å². The number of ether oxygens (including phenoxy) is 1. The van der Waals surface area contributed by atoms with Crippen LogP contribution in [0.4, 0.5) is 5.82 Å². The summed E-state index contributed by atoms with van der Waals surface area (Å²) in [5, 5.41) is 3.72. The summed E-state index contributed by atoms with van der Waals surface area (Å²) in [6.45, 7) is 0. The van der Waals surface area contributed by atoms with E-state index in [0.717, 1.165) is 12.8 Å². The second-order valence-corrected chi connectivity index (χ2v) is 4.92. The van der Waals surface area contributed by atoms with Crippen LogP contribution in [0.3, 0.4) is 0 Å². The Morgan fingerprint density at radius 1 is 1.21 bits per heavy atom. The largest absolute Gasteiger partial charge is 0.490 e. The van der Waals surface area contributed by atoms with Crippen molar-refractivity contribution in [3.8, 4) is 5.75 Å². The first-order chi connectivity index (χ1) is 9.28. The van der Waals surface area contributed by atoms with Crippen molar-refractivity contribution in [2.24, 2.45) is 0 Å². The average molecular weight is 276 g/mol. The van der Waals surface area contributed by atoms with E-state index < -0.39 is 0 Å². The van der Waals surface area contributed by atoms with Crippen LogP contribution in [0.15, 0.2) is 30.6 Å². The molecule has 1 aliphatic rings. The van der Waals surface area contributed by atoms with Crippen molar-refractivity contribution < 1.29 is 4.74 Å². The number of methoxy groups -OCH3 is 1. The van der Waals surface area contributed by atoms with Crippen molar-refractivity contribution in [1.82, 2.24) is 9.97 Å². The van der Waals surface area contributed by atoms with Gasteiger partial charge in [0.1, 0.15) is 6.33 Å². The third-order valence-corrected chi connectivity index (χ3v) is 3.63. The maximum absolute atomic E-state index is 5.99. The highest BCUT2D eigenvalue weighted by molar-refractivity contribution is 6.31. The summed E-state index contributed by atoms with van der Waals surface area (Å²) in [6, 6.07) is 8.80. The third kappa shape index (κ3) is 2.36. The average Bonchev–Trinajstić information content (AvgIpc) is 2.81. The Bertz CT molecular complexity index is 578. The van der Waals surface area contributed by atoms with Gasteiger partial charge in [-0.3, -0.25) is 0 Å². The van der Waals surface area contributed by atoms with Crippen LogP contribution in [0, 0.1) is 0 Å². The number of nitrogens with one attached hydrogen (secondary N) is 1. The third-order valence-electron chi connectivity index (χ3n) is 3.36.